The number of aromatic nitrogens is 4. The zero-order chi connectivity index (χ0) is 20.4. The molecular weight excluding hydrogens is 352 g/mol. The van der Waals surface area contributed by atoms with Gasteiger partial charge in [-0.25, -0.2) is 9.59 Å². The molecule has 1 rings (SSSR count). The molecule has 0 radical (unpaired) electrons. The number of ether oxygens (including phenoxy) is 1. The third-order valence-corrected chi connectivity index (χ3v) is 3.67. The van der Waals surface area contributed by atoms with Crippen LogP contribution in [-0.4, -0.2) is 55.2 Å². The molecule has 0 saturated heterocycles. The quantitative estimate of drug-likeness (QED) is 0.509. The van der Waals surface area contributed by atoms with Crippen LogP contribution in [0.4, 0.5) is 4.79 Å². The first-order valence-electron chi connectivity index (χ1n) is 9.07. The van der Waals surface area contributed by atoms with E-state index in [0.717, 1.165) is 12.8 Å². The number of unbranched alkanes of at least 4 members (excludes halogenated alkanes) is 1. The van der Waals surface area contributed by atoms with Crippen molar-refractivity contribution >= 4 is 12.1 Å². The van der Waals surface area contributed by atoms with Gasteiger partial charge >= 0.3 is 12.1 Å². The van der Waals surface area contributed by atoms with Gasteiger partial charge in [0.2, 0.25) is 0 Å². The summed E-state index contributed by atoms with van der Waals surface area (Å²) in [5.41, 5.74) is 5.40. The van der Waals surface area contributed by atoms with E-state index in [-0.39, 0.29) is 6.04 Å². The number of nitrogens with one attached hydrogen (secondary N) is 1. The van der Waals surface area contributed by atoms with Crippen LogP contribution >= 0.6 is 0 Å². The van der Waals surface area contributed by atoms with E-state index in [1.54, 1.807) is 27.7 Å². The minimum Gasteiger partial charge on any atom is -0.480 e. The fourth-order valence-electron chi connectivity index (χ4n) is 2.32. The molecule has 0 fully saturated rings. The van der Waals surface area contributed by atoms with E-state index >= 15 is 0 Å². The second-order valence-corrected chi connectivity index (χ2v) is 7.48. The summed E-state index contributed by atoms with van der Waals surface area (Å²) in [4.78, 5) is 23.0. The molecule has 152 valence electrons. The Morgan fingerprint density at radius 2 is 1.70 bits per heavy atom. The van der Waals surface area contributed by atoms with E-state index in [1.165, 1.54) is 0 Å². The van der Waals surface area contributed by atoms with Crippen molar-refractivity contribution in [2.45, 2.75) is 83.9 Å². The Labute approximate surface area is 159 Å². The van der Waals surface area contributed by atoms with Crippen LogP contribution in [0.15, 0.2) is 0 Å². The summed E-state index contributed by atoms with van der Waals surface area (Å²) < 4.78 is 5.09. The van der Waals surface area contributed by atoms with Gasteiger partial charge in [0.1, 0.15) is 11.6 Å². The molecule has 2 atom stereocenters. The van der Waals surface area contributed by atoms with Gasteiger partial charge in [0.05, 0.1) is 0 Å². The second-order valence-electron chi connectivity index (χ2n) is 7.48. The molecule has 1 aromatic rings. The van der Waals surface area contributed by atoms with Gasteiger partial charge in [0.25, 0.3) is 0 Å². The number of rotatable bonds is 10. The summed E-state index contributed by atoms with van der Waals surface area (Å²) in [5.74, 6) is 0.00116. The van der Waals surface area contributed by atoms with E-state index in [2.05, 4.69) is 25.7 Å². The Morgan fingerprint density at radius 3 is 2.26 bits per heavy atom. The lowest BCUT2D eigenvalue weighted by Gasteiger charge is -2.22. The first-order chi connectivity index (χ1) is 12.6. The highest BCUT2D eigenvalue weighted by Gasteiger charge is 2.23. The Kier molecular flexibility index (Phi) is 8.99. The maximum Gasteiger partial charge on any atom is 0.408 e. The summed E-state index contributed by atoms with van der Waals surface area (Å²) in [5, 5.41) is 27.2. The number of carboxylic acid groups (broad SMARTS) is 1. The van der Waals surface area contributed by atoms with Crippen LogP contribution < -0.4 is 11.1 Å². The van der Waals surface area contributed by atoms with Crippen molar-refractivity contribution in [3.05, 3.63) is 11.6 Å². The van der Waals surface area contributed by atoms with Crippen LogP contribution in [0, 0.1) is 6.92 Å². The Bertz CT molecular complexity index is 602. The van der Waals surface area contributed by atoms with Crippen molar-refractivity contribution in [3.8, 4) is 0 Å². The van der Waals surface area contributed by atoms with Crippen LogP contribution in [0.3, 0.4) is 0 Å². The maximum absolute atomic E-state index is 11.7. The molecule has 10 nitrogen and oxygen atoms in total. The van der Waals surface area contributed by atoms with E-state index < -0.39 is 23.7 Å². The van der Waals surface area contributed by atoms with Gasteiger partial charge in [0.15, 0.2) is 11.6 Å². The maximum atomic E-state index is 11.7. The first kappa shape index (κ1) is 22.7. The van der Waals surface area contributed by atoms with Crippen LogP contribution in [0.5, 0.6) is 0 Å². The summed E-state index contributed by atoms with van der Waals surface area (Å²) in [6.45, 7) is 6.88. The molecule has 0 aliphatic heterocycles. The molecule has 0 saturated carbocycles. The lowest BCUT2D eigenvalue weighted by atomic mass is 10.0. The summed E-state index contributed by atoms with van der Waals surface area (Å²) in [6.07, 6.45) is 3.01. The highest BCUT2D eigenvalue weighted by Crippen LogP contribution is 2.11. The Morgan fingerprint density at radius 1 is 1.11 bits per heavy atom. The number of hydrogen-bond donors (Lipinski definition) is 3. The number of nitrogens with two attached hydrogens (primary N) is 1. The average molecular weight is 382 g/mol. The largest absolute Gasteiger partial charge is 0.480 e. The van der Waals surface area contributed by atoms with Crippen molar-refractivity contribution in [2.24, 2.45) is 5.73 Å². The fourth-order valence-corrected chi connectivity index (χ4v) is 2.32. The predicted octanol–water partition coefficient (Wildman–Crippen LogP) is 1.37. The first-order valence-corrected chi connectivity index (χ1v) is 9.07. The van der Waals surface area contributed by atoms with Gasteiger partial charge in [0, 0.05) is 12.5 Å². The van der Waals surface area contributed by atoms with Crippen molar-refractivity contribution in [3.63, 3.8) is 0 Å². The molecule has 1 amide bonds. The number of alkyl carbamates (subject to hydrolysis) is 1. The lowest BCUT2D eigenvalue weighted by Crippen LogP contribution is -2.43. The third-order valence-electron chi connectivity index (χ3n) is 3.67. The molecule has 0 bridgehead atoms. The van der Waals surface area contributed by atoms with E-state index in [4.69, 9.17) is 10.5 Å². The molecule has 2 unspecified atom stereocenters. The molecule has 27 heavy (non-hydrogen) atoms. The molecule has 10 heteroatoms. The molecule has 4 N–H and O–H groups in total. The number of carbonyl (C=O) groups excluding carboxylic acids is 1. The number of carbonyl (C=O) groups is 2. The smallest absolute Gasteiger partial charge is 0.408 e. The van der Waals surface area contributed by atoms with Crippen LogP contribution in [0.25, 0.3) is 0 Å². The average Bonchev–Trinajstić information content (AvgIpc) is 2.55. The number of amides is 1. The second kappa shape index (κ2) is 10.7. The van der Waals surface area contributed by atoms with Gasteiger partial charge in [-0.2, -0.15) is 0 Å². The lowest BCUT2D eigenvalue weighted by molar-refractivity contribution is -0.139. The molecular formula is C17H30N6O4. The number of hydrogen-bond acceptors (Lipinski definition) is 8. The molecule has 0 aromatic carbocycles. The van der Waals surface area contributed by atoms with E-state index in [0.29, 0.717) is 37.3 Å². The van der Waals surface area contributed by atoms with Crippen molar-refractivity contribution in [2.75, 3.05) is 0 Å². The predicted molar refractivity (Wildman–Crippen MR) is 97.9 cm³/mol. The highest BCUT2D eigenvalue weighted by atomic mass is 16.6. The highest BCUT2D eigenvalue weighted by molar-refractivity contribution is 5.79. The van der Waals surface area contributed by atoms with Crippen molar-refractivity contribution in [1.82, 2.24) is 25.7 Å². The topological polar surface area (TPSA) is 153 Å². The van der Waals surface area contributed by atoms with Gasteiger partial charge < -0.3 is 20.9 Å². The van der Waals surface area contributed by atoms with E-state index in [1.807, 2.05) is 0 Å². The van der Waals surface area contributed by atoms with E-state index in [9.17, 15) is 14.7 Å². The van der Waals surface area contributed by atoms with Gasteiger partial charge in [-0.15, -0.1) is 20.4 Å². The molecule has 0 aliphatic rings. The van der Waals surface area contributed by atoms with Crippen LogP contribution in [0.1, 0.15) is 64.5 Å². The van der Waals surface area contributed by atoms with Gasteiger partial charge in [-0.05, 0) is 47.0 Å². The molecule has 1 heterocycles. The van der Waals surface area contributed by atoms with Crippen molar-refractivity contribution < 1.29 is 19.4 Å². The zero-order valence-electron chi connectivity index (χ0n) is 16.4. The standard InChI is InChI=1S/C17H30N6O4/c1-11-20-22-14(23-21-11)10-9-12(18)7-5-6-8-13(15(24)25)19-16(26)27-17(2,3)4/h12-13H,5-10,18H2,1-4H3,(H,19,26)(H,24,25). The molecule has 0 aliphatic carbocycles. The zero-order valence-corrected chi connectivity index (χ0v) is 16.4. The Hall–Kier alpha value is -2.36. The van der Waals surface area contributed by atoms with Crippen LogP contribution in [-0.2, 0) is 16.0 Å². The number of carboxylic acids is 1. The molecule has 1 aromatic heterocycles. The fraction of sp³-hybridized carbons (Fsp3) is 0.765. The summed E-state index contributed by atoms with van der Waals surface area (Å²) >= 11 is 0. The number of aryl methyl sites for hydroxylation is 2. The summed E-state index contributed by atoms with van der Waals surface area (Å²) in [7, 11) is 0. The number of nitrogens with zero attached hydrogens (tertiary/aromatic N) is 4. The molecule has 0 spiro atoms. The van der Waals surface area contributed by atoms with Crippen molar-refractivity contribution in [1.29, 1.82) is 0 Å². The van der Waals surface area contributed by atoms with Gasteiger partial charge in [-0.1, -0.05) is 12.8 Å². The number of aliphatic carboxylic acids is 1. The van der Waals surface area contributed by atoms with Crippen LogP contribution in [0.2, 0.25) is 0 Å². The minimum atomic E-state index is -1.08. The van der Waals surface area contributed by atoms with Gasteiger partial charge in [-0.3, -0.25) is 0 Å². The Balaban J connectivity index is 2.27. The third kappa shape index (κ3) is 10.4. The monoisotopic (exact) mass is 382 g/mol. The minimum absolute atomic E-state index is 0.0444. The summed E-state index contributed by atoms with van der Waals surface area (Å²) in [6, 6.07) is -1.02. The normalized spacial score (nSPS) is 13.7. The SMILES string of the molecule is Cc1nnc(CCC(N)CCCCC(NC(=O)OC(C)(C)C)C(=O)O)nn1.